The normalized spacial score (nSPS) is 18.9. The molecule has 0 saturated heterocycles. The number of benzene rings is 1. The largest absolute Gasteiger partial charge is 0.455 e. The second-order valence-corrected chi connectivity index (χ2v) is 3.25. The molecular formula is C9H6N2O3S. The Hall–Kier alpha value is -1.82. The fourth-order valence-electron chi connectivity index (χ4n) is 1.34. The van der Waals surface area contributed by atoms with E-state index < -0.39 is 11.0 Å². The Bertz CT molecular complexity index is 458. The highest BCUT2D eigenvalue weighted by molar-refractivity contribution is 7.80. The average molecular weight is 222 g/mol. The molecule has 0 fully saturated rings. The predicted molar refractivity (Wildman–Crippen MR) is 58.0 cm³/mol. The Morgan fingerprint density at radius 1 is 1.47 bits per heavy atom. The zero-order valence-corrected chi connectivity index (χ0v) is 8.31. The highest BCUT2D eigenvalue weighted by Crippen LogP contribution is 2.28. The van der Waals surface area contributed by atoms with E-state index in [4.69, 9.17) is 17.0 Å². The van der Waals surface area contributed by atoms with Crippen molar-refractivity contribution in [2.45, 2.75) is 6.10 Å². The lowest BCUT2D eigenvalue weighted by atomic mass is 10.1. The van der Waals surface area contributed by atoms with E-state index in [9.17, 15) is 10.1 Å². The standard InChI is InChI=1S/C9H6N2O3S/c12-11(13)7-4-2-1-3-6(7)8-5-10-9(15)14-8/h1-5,8H. The third kappa shape index (κ3) is 1.84. The number of ether oxygens (including phenoxy) is 1. The Balaban J connectivity index is 2.40. The SMILES string of the molecule is O=[N+]([O-])c1ccccc1C1C=NC(=S)O1. The number of thiocarbonyl (C=S) groups is 1. The number of aliphatic imine (C=N–C) groups is 1. The Labute approximate surface area is 90.5 Å². The molecule has 0 saturated carbocycles. The molecule has 0 amide bonds. The van der Waals surface area contributed by atoms with Crippen molar-refractivity contribution in [1.82, 2.24) is 0 Å². The van der Waals surface area contributed by atoms with Gasteiger partial charge in [-0.15, -0.1) is 0 Å². The first-order chi connectivity index (χ1) is 7.18. The molecular weight excluding hydrogens is 216 g/mol. The first-order valence-electron chi connectivity index (χ1n) is 4.16. The van der Waals surface area contributed by atoms with Crippen LogP contribution in [0.5, 0.6) is 0 Å². The maximum Gasteiger partial charge on any atom is 0.284 e. The summed E-state index contributed by atoms with van der Waals surface area (Å²) in [5, 5.41) is 10.8. The molecule has 1 aromatic rings. The number of para-hydroxylation sites is 1. The summed E-state index contributed by atoms with van der Waals surface area (Å²) in [6, 6.07) is 6.36. The maximum atomic E-state index is 10.7. The van der Waals surface area contributed by atoms with Crippen LogP contribution in [-0.4, -0.2) is 16.3 Å². The first kappa shape index (κ1) is 9.72. The Morgan fingerprint density at radius 3 is 2.80 bits per heavy atom. The van der Waals surface area contributed by atoms with Crippen molar-refractivity contribution in [1.29, 1.82) is 0 Å². The number of hydrogen-bond acceptors (Lipinski definition) is 4. The monoisotopic (exact) mass is 222 g/mol. The van der Waals surface area contributed by atoms with Gasteiger partial charge in [0.05, 0.1) is 16.7 Å². The lowest BCUT2D eigenvalue weighted by molar-refractivity contribution is -0.385. The minimum Gasteiger partial charge on any atom is -0.455 e. The van der Waals surface area contributed by atoms with Crippen LogP contribution >= 0.6 is 12.2 Å². The quantitative estimate of drug-likeness (QED) is 0.436. The van der Waals surface area contributed by atoms with Gasteiger partial charge in [0.15, 0.2) is 6.10 Å². The van der Waals surface area contributed by atoms with E-state index in [0.717, 1.165) is 0 Å². The fourth-order valence-corrected chi connectivity index (χ4v) is 1.50. The van der Waals surface area contributed by atoms with Gasteiger partial charge in [0.25, 0.3) is 10.9 Å². The van der Waals surface area contributed by atoms with Crippen LogP contribution < -0.4 is 0 Å². The number of nitro benzene ring substituents is 1. The molecule has 0 aromatic heterocycles. The van der Waals surface area contributed by atoms with Crippen molar-refractivity contribution in [2.75, 3.05) is 0 Å². The molecule has 0 radical (unpaired) electrons. The molecule has 0 aliphatic carbocycles. The summed E-state index contributed by atoms with van der Waals surface area (Å²) < 4.78 is 5.14. The summed E-state index contributed by atoms with van der Waals surface area (Å²) in [4.78, 5) is 14.0. The van der Waals surface area contributed by atoms with Crippen LogP contribution in [0.3, 0.4) is 0 Å². The van der Waals surface area contributed by atoms with Crippen LogP contribution in [0.15, 0.2) is 29.3 Å². The molecule has 0 bridgehead atoms. The van der Waals surface area contributed by atoms with E-state index in [1.54, 1.807) is 18.2 Å². The highest BCUT2D eigenvalue weighted by Gasteiger charge is 2.25. The van der Waals surface area contributed by atoms with Crippen LogP contribution in [0.1, 0.15) is 11.7 Å². The lowest BCUT2D eigenvalue weighted by Crippen LogP contribution is -2.04. The first-order valence-corrected chi connectivity index (χ1v) is 4.57. The molecule has 2 rings (SSSR count). The van der Waals surface area contributed by atoms with E-state index in [1.807, 2.05) is 0 Å². The molecule has 5 nitrogen and oxygen atoms in total. The van der Waals surface area contributed by atoms with E-state index >= 15 is 0 Å². The molecule has 1 aromatic carbocycles. The van der Waals surface area contributed by atoms with Gasteiger partial charge >= 0.3 is 0 Å². The number of hydrogen-bond donors (Lipinski definition) is 0. The van der Waals surface area contributed by atoms with E-state index in [1.165, 1.54) is 12.3 Å². The van der Waals surface area contributed by atoms with Crippen molar-refractivity contribution in [3.05, 3.63) is 39.9 Å². The van der Waals surface area contributed by atoms with Crippen LogP contribution in [-0.2, 0) is 4.74 Å². The van der Waals surface area contributed by atoms with Gasteiger partial charge < -0.3 is 4.74 Å². The van der Waals surface area contributed by atoms with Crippen LogP contribution in [0, 0.1) is 10.1 Å². The predicted octanol–water partition coefficient (Wildman–Crippen LogP) is 2.02. The molecule has 76 valence electrons. The van der Waals surface area contributed by atoms with Crippen molar-refractivity contribution in [3.63, 3.8) is 0 Å². The van der Waals surface area contributed by atoms with Crippen LogP contribution in [0.4, 0.5) is 5.69 Å². The Morgan fingerprint density at radius 2 is 2.20 bits per heavy atom. The van der Waals surface area contributed by atoms with Crippen molar-refractivity contribution in [2.24, 2.45) is 4.99 Å². The van der Waals surface area contributed by atoms with Gasteiger partial charge in [-0.1, -0.05) is 12.1 Å². The van der Waals surface area contributed by atoms with Crippen LogP contribution in [0.25, 0.3) is 0 Å². The van der Waals surface area contributed by atoms with E-state index in [2.05, 4.69) is 4.99 Å². The number of rotatable bonds is 2. The summed E-state index contributed by atoms with van der Waals surface area (Å²) in [5.41, 5.74) is 0.477. The third-order valence-electron chi connectivity index (χ3n) is 1.98. The molecule has 1 aliphatic heterocycles. The van der Waals surface area contributed by atoms with Gasteiger partial charge in [0.1, 0.15) is 0 Å². The number of nitrogens with zero attached hydrogens (tertiary/aromatic N) is 2. The molecule has 1 unspecified atom stereocenters. The van der Waals surface area contributed by atoms with E-state index in [-0.39, 0.29) is 10.9 Å². The van der Waals surface area contributed by atoms with Gasteiger partial charge in [0.2, 0.25) is 0 Å². The summed E-state index contributed by atoms with van der Waals surface area (Å²) >= 11 is 4.72. The lowest BCUT2D eigenvalue weighted by Gasteiger charge is -2.07. The summed E-state index contributed by atoms with van der Waals surface area (Å²) in [6.07, 6.45) is 0.920. The summed E-state index contributed by atoms with van der Waals surface area (Å²) in [6.45, 7) is 0. The van der Waals surface area contributed by atoms with Gasteiger partial charge in [-0.2, -0.15) is 0 Å². The molecule has 1 heterocycles. The molecule has 6 heteroatoms. The number of nitro groups is 1. The molecule has 0 spiro atoms. The minimum atomic E-state index is -0.542. The van der Waals surface area contributed by atoms with Crippen molar-refractivity contribution >= 4 is 29.3 Å². The Kier molecular flexibility index (Phi) is 2.42. The van der Waals surface area contributed by atoms with Gasteiger partial charge in [-0.05, 0) is 18.3 Å². The van der Waals surface area contributed by atoms with Gasteiger partial charge in [-0.3, -0.25) is 10.1 Å². The molecule has 1 aliphatic rings. The second kappa shape index (κ2) is 3.74. The topological polar surface area (TPSA) is 64.7 Å². The fraction of sp³-hybridized carbons (Fsp3) is 0.111. The zero-order chi connectivity index (χ0) is 10.8. The third-order valence-corrected chi connectivity index (χ3v) is 2.18. The maximum absolute atomic E-state index is 10.7. The van der Waals surface area contributed by atoms with Crippen molar-refractivity contribution < 1.29 is 9.66 Å². The van der Waals surface area contributed by atoms with Gasteiger partial charge in [-0.25, -0.2) is 4.99 Å². The van der Waals surface area contributed by atoms with Crippen LogP contribution in [0.2, 0.25) is 0 Å². The highest BCUT2D eigenvalue weighted by atomic mass is 32.1. The summed E-state index contributed by atoms with van der Waals surface area (Å²) in [5.74, 6) is 0. The van der Waals surface area contributed by atoms with Gasteiger partial charge in [0, 0.05) is 6.07 Å². The molecule has 0 N–H and O–H groups in total. The second-order valence-electron chi connectivity index (χ2n) is 2.90. The molecule has 1 atom stereocenters. The summed E-state index contributed by atoms with van der Waals surface area (Å²) in [7, 11) is 0. The van der Waals surface area contributed by atoms with Crippen molar-refractivity contribution in [3.8, 4) is 0 Å². The smallest absolute Gasteiger partial charge is 0.284 e. The average Bonchev–Trinajstić information content (AvgIpc) is 2.65. The molecule has 15 heavy (non-hydrogen) atoms. The minimum absolute atomic E-state index is 0.0126. The zero-order valence-electron chi connectivity index (χ0n) is 7.49. The van der Waals surface area contributed by atoms with E-state index in [0.29, 0.717) is 5.56 Å².